The van der Waals surface area contributed by atoms with Crippen LogP contribution in [-0.4, -0.2) is 67.1 Å². The van der Waals surface area contributed by atoms with E-state index in [2.05, 4.69) is 30.2 Å². The van der Waals surface area contributed by atoms with Crippen LogP contribution in [0.3, 0.4) is 0 Å². The van der Waals surface area contributed by atoms with E-state index in [1.54, 1.807) is 18.2 Å². The molecular formula is C28H30N6O5S. The number of hydrogen-bond acceptors (Lipinski definition) is 7. The molecule has 0 saturated carbocycles. The summed E-state index contributed by atoms with van der Waals surface area (Å²) in [5.41, 5.74) is 3.26. The van der Waals surface area contributed by atoms with Crippen LogP contribution in [0.4, 0.5) is 11.6 Å². The van der Waals surface area contributed by atoms with E-state index in [0.29, 0.717) is 11.6 Å². The van der Waals surface area contributed by atoms with Gasteiger partial charge < -0.3 is 25.6 Å². The molecule has 1 fully saturated rings. The minimum Gasteiger partial charge on any atom is -0.480 e. The van der Waals surface area contributed by atoms with E-state index in [9.17, 15) is 23.1 Å². The van der Waals surface area contributed by atoms with Crippen molar-refractivity contribution in [3.63, 3.8) is 0 Å². The Morgan fingerprint density at radius 2 is 1.65 bits per heavy atom. The third-order valence-electron chi connectivity index (χ3n) is 6.84. The molecule has 3 aromatic carbocycles. The number of aromatic nitrogens is 2. The predicted molar refractivity (Wildman–Crippen MR) is 152 cm³/mol. The van der Waals surface area contributed by atoms with Crippen molar-refractivity contribution in [1.29, 1.82) is 0 Å². The highest BCUT2D eigenvalue weighted by molar-refractivity contribution is 7.89. The van der Waals surface area contributed by atoms with Gasteiger partial charge in [0.2, 0.25) is 16.0 Å². The van der Waals surface area contributed by atoms with Crippen molar-refractivity contribution in [1.82, 2.24) is 20.0 Å². The number of carboxylic acid groups (broad SMARTS) is 1. The second-order valence-electron chi connectivity index (χ2n) is 9.59. The average molecular weight is 563 g/mol. The summed E-state index contributed by atoms with van der Waals surface area (Å²) >= 11 is 0. The maximum absolute atomic E-state index is 12.7. The summed E-state index contributed by atoms with van der Waals surface area (Å²) in [5, 5.41) is 15.5. The Bertz CT molecular complexity index is 1550. The molecule has 5 rings (SSSR count). The molecule has 0 spiro atoms. The lowest BCUT2D eigenvalue weighted by molar-refractivity contribution is -0.138. The lowest BCUT2D eigenvalue weighted by atomic mass is 10.0. The van der Waals surface area contributed by atoms with Crippen molar-refractivity contribution in [2.45, 2.75) is 29.8 Å². The zero-order chi connectivity index (χ0) is 28.1. The van der Waals surface area contributed by atoms with E-state index in [4.69, 9.17) is 0 Å². The quantitative estimate of drug-likeness (QED) is 0.198. The number of fused-ring (bicyclic) bond motifs is 1. The number of aliphatic carboxylic acids is 1. The van der Waals surface area contributed by atoms with Gasteiger partial charge in [-0.2, -0.15) is 4.72 Å². The van der Waals surface area contributed by atoms with Crippen LogP contribution in [-0.2, 0) is 14.8 Å². The van der Waals surface area contributed by atoms with Crippen LogP contribution in [0.25, 0.3) is 11.0 Å². The number of carboxylic acids is 1. The molecule has 0 aliphatic carbocycles. The average Bonchev–Trinajstić information content (AvgIpc) is 3.38. The van der Waals surface area contributed by atoms with Crippen molar-refractivity contribution in [2.24, 2.45) is 0 Å². The number of benzene rings is 3. The summed E-state index contributed by atoms with van der Waals surface area (Å²) < 4.78 is 27.1. The summed E-state index contributed by atoms with van der Waals surface area (Å²) in [7, 11) is -4.06. The molecule has 40 heavy (non-hydrogen) atoms. The fourth-order valence-electron chi connectivity index (χ4n) is 4.65. The van der Waals surface area contributed by atoms with Crippen molar-refractivity contribution < 1.29 is 23.1 Å². The van der Waals surface area contributed by atoms with Gasteiger partial charge in [-0.25, -0.2) is 13.4 Å². The fourth-order valence-corrected chi connectivity index (χ4v) is 5.86. The molecule has 1 amide bonds. The van der Waals surface area contributed by atoms with Crippen LogP contribution in [0.15, 0.2) is 83.8 Å². The second kappa shape index (κ2) is 11.8. The first-order chi connectivity index (χ1) is 19.3. The van der Waals surface area contributed by atoms with Gasteiger partial charge in [-0.05, 0) is 61.4 Å². The van der Waals surface area contributed by atoms with Crippen LogP contribution in [0.1, 0.15) is 23.2 Å². The van der Waals surface area contributed by atoms with Gasteiger partial charge in [-0.15, -0.1) is 0 Å². The number of rotatable bonds is 10. The number of amides is 1. The predicted octanol–water partition coefficient (Wildman–Crippen LogP) is 2.81. The number of para-hydroxylation sites is 2. The number of aromatic amines is 1. The van der Waals surface area contributed by atoms with Gasteiger partial charge >= 0.3 is 5.97 Å². The van der Waals surface area contributed by atoms with Crippen LogP contribution in [0.2, 0.25) is 0 Å². The van der Waals surface area contributed by atoms with Gasteiger partial charge in [0.1, 0.15) is 6.04 Å². The minimum absolute atomic E-state index is 0.0579. The Morgan fingerprint density at radius 1 is 0.975 bits per heavy atom. The van der Waals surface area contributed by atoms with Crippen LogP contribution in [0, 0.1) is 0 Å². The fraction of sp³-hybridized carbons (Fsp3) is 0.250. The first-order valence-electron chi connectivity index (χ1n) is 12.9. The van der Waals surface area contributed by atoms with Gasteiger partial charge in [0.25, 0.3) is 5.91 Å². The number of piperidine rings is 1. The summed E-state index contributed by atoms with van der Waals surface area (Å²) in [6.45, 7) is 1.27. The van der Waals surface area contributed by atoms with Crippen molar-refractivity contribution >= 4 is 44.6 Å². The lowest BCUT2D eigenvalue weighted by Gasteiger charge is -2.34. The summed E-state index contributed by atoms with van der Waals surface area (Å²) in [6, 6.07) is 21.2. The van der Waals surface area contributed by atoms with Gasteiger partial charge in [0.15, 0.2) is 0 Å². The van der Waals surface area contributed by atoms with E-state index < -0.39 is 34.5 Å². The standard InChI is InChI=1S/C28H30N6O5S/c35-26(29-18-25(27(36)37)33-40(38,39)22-6-2-1-3-7-22)19-10-12-21(13-11-19)34-16-14-20(15-17-34)30-28-31-23-8-4-5-9-24(23)32-28/h1-13,20,25,33H,14-18H2,(H,29,35)(H,36,37)(H2,30,31,32)/t25-/m0/s1. The van der Waals surface area contributed by atoms with E-state index in [1.165, 1.54) is 24.3 Å². The van der Waals surface area contributed by atoms with Crippen LogP contribution < -0.4 is 20.3 Å². The number of carbonyl (C=O) groups is 2. The number of carbonyl (C=O) groups excluding carboxylic acids is 1. The molecule has 2 heterocycles. The molecule has 1 aromatic heterocycles. The SMILES string of the molecule is O=C(NC[C@H](NS(=O)(=O)c1ccccc1)C(=O)O)c1ccc(N2CCC(Nc3nc4ccccc4[nH]3)CC2)cc1. The summed E-state index contributed by atoms with van der Waals surface area (Å²) in [4.78, 5) is 34.4. The van der Waals surface area contributed by atoms with Gasteiger partial charge in [0, 0.05) is 36.9 Å². The Kier molecular flexibility index (Phi) is 7.99. The molecule has 0 radical (unpaired) electrons. The summed E-state index contributed by atoms with van der Waals surface area (Å²) in [5.74, 6) is -1.12. The molecular weight excluding hydrogens is 532 g/mol. The first-order valence-corrected chi connectivity index (χ1v) is 14.4. The third kappa shape index (κ3) is 6.41. The number of anilines is 2. The molecule has 1 saturated heterocycles. The molecule has 208 valence electrons. The highest BCUT2D eigenvalue weighted by atomic mass is 32.2. The zero-order valence-electron chi connectivity index (χ0n) is 21.6. The number of nitrogens with one attached hydrogen (secondary N) is 4. The monoisotopic (exact) mass is 562 g/mol. The topological polar surface area (TPSA) is 157 Å². The zero-order valence-corrected chi connectivity index (χ0v) is 22.4. The minimum atomic E-state index is -4.06. The lowest BCUT2D eigenvalue weighted by Crippen LogP contribution is -2.48. The maximum atomic E-state index is 12.7. The van der Waals surface area contributed by atoms with Gasteiger partial charge in [-0.3, -0.25) is 9.59 Å². The molecule has 1 aliphatic heterocycles. The van der Waals surface area contributed by atoms with Crippen molar-refractivity contribution in [3.05, 3.63) is 84.4 Å². The van der Waals surface area contributed by atoms with E-state index in [-0.39, 0.29) is 4.90 Å². The maximum Gasteiger partial charge on any atom is 0.323 e. The normalized spacial score (nSPS) is 15.1. The molecule has 4 aromatic rings. The molecule has 0 unspecified atom stereocenters. The second-order valence-corrected chi connectivity index (χ2v) is 11.3. The first kappa shape index (κ1) is 27.2. The van der Waals surface area contributed by atoms with Gasteiger partial charge in [-0.1, -0.05) is 30.3 Å². The number of hydrogen-bond donors (Lipinski definition) is 5. The Balaban J connectivity index is 1.12. The molecule has 0 bridgehead atoms. The molecule has 11 nitrogen and oxygen atoms in total. The molecule has 1 aliphatic rings. The largest absolute Gasteiger partial charge is 0.480 e. The smallest absolute Gasteiger partial charge is 0.323 e. The van der Waals surface area contributed by atoms with Gasteiger partial charge in [0.05, 0.1) is 15.9 Å². The third-order valence-corrected chi connectivity index (χ3v) is 8.32. The molecule has 1 atom stereocenters. The Hall–Kier alpha value is -4.42. The number of imidazole rings is 1. The number of sulfonamides is 1. The van der Waals surface area contributed by atoms with Crippen molar-refractivity contribution in [2.75, 3.05) is 29.9 Å². The summed E-state index contributed by atoms with van der Waals surface area (Å²) in [6.07, 6.45) is 1.85. The van der Waals surface area contributed by atoms with Crippen LogP contribution >= 0.6 is 0 Å². The number of nitrogens with zero attached hydrogens (tertiary/aromatic N) is 2. The highest BCUT2D eigenvalue weighted by Crippen LogP contribution is 2.23. The number of H-pyrrole nitrogens is 1. The van der Waals surface area contributed by atoms with E-state index >= 15 is 0 Å². The molecule has 5 N–H and O–H groups in total. The van der Waals surface area contributed by atoms with Crippen molar-refractivity contribution in [3.8, 4) is 0 Å². The van der Waals surface area contributed by atoms with E-state index in [1.807, 2.05) is 36.4 Å². The molecule has 12 heteroatoms. The highest BCUT2D eigenvalue weighted by Gasteiger charge is 2.26. The Morgan fingerprint density at radius 3 is 2.33 bits per heavy atom. The van der Waals surface area contributed by atoms with Crippen LogP contribution in [0.5, 0.6) is 0 Å². The Labute approximate surface area is 231 Å². The van der Waals surface area contributed by atoms with E-state index in [0.717, 1.165) is 48.6 Å².